The van der Waals surface area contributed by atoms with Gasteiger partial charge in [-0.05, 0) is 19.3 Å². The first-order valence-corrected chi connectivity index (χ1v) is 8.39. The third kappa shape index (κ3) is 3.65. The lowest BCUT2D eigenvalue weighted by Gasteiger charge is -2.31. The van der Waals surface area contributed by atoms with E-state index in [0.717, 1.165) is 12.1 Å². The Balaban J connectivity index is 1.65. The molecule has 0 aromatic carbocycles. The van der Waals surface area contributed by atoms with E-state index in [0.29, 0.717) is 30.9 Å². The molecule has 3 heterocycles. The third-order valence-corrected chi connectivity index (χ3v) is 4.21. The second-order valence-electron chi connectivity index (χ2n) is 6.15. The minimum absolute atomic E-state index is 0.137. The van der Waals surface area contributed by atoms with Gasteiger partial charge in [0.15, 0.2) is 5.82 Å². The van der Waals surface area contributed by atoms with Crippen LogP contribution in [0.2, 0.25) is 0 Å². The molecule has 0 radical (unpaired) electrons. The minimum Gasteiger partial charge on any atom is -0.326 e. The van der Waals surface area contributed by atoms with Gasteiger partial charge in [-0.2, -0.15) is 10.2 Å². The molecule has 2 aromatic heterocycles. The van der Waals surface area contributed by atoms with Crippen LogP contribution in [0.4, 0.5) is 16.3 Å². The fourth-order valence-corrected chi connectivity index (χ4v) is 3.00. The highest BCUT2D eigenvalue weighted by molar-refractivity contribution is 6.00. The van der Waals surface area contributed by atoms with Gasteiger partial charge in [0.05, 0.1) is 11.4 Å². The zero-order valence-electron chi connectivity index (χ0n) is 14.7. The molecule has 3 amide bonds. The number of anilines is 2. The highest BCUT2D eigenvalue weighted by atomic mass is 16.2. The molecule has 0 spiro atoms. The molecule has 1 saturated heterocycles. The van der Waals surface area contributed by atoms with E-state index >= 15 is 0 Å². The molecule has 9 heteroatoms. The van der Waals surface area contributed by atoms with Crippen molar-refractivity contribution in [3.05, 3.63) is 24.2 Å². The van der Waals surface area contributed by atoms with E-state index in [1.54, 1.807) is 46.8 Å². The summed E-state index contributed by atoms with van der Waals surface area (Å²) in [5, 5.41) is 14.1. The van der Waals surface area contributed by atoms with Gasteiger partial charge >= 0.3 is 6.03 Å². The second kappa shape index (κ2) is 6.96. The van der Waals surface area contributed by atoms with Crippen LogP contribution in [0, 0.1) is 0 Å². The quantitative estimate of drug-likeness (QED) is 0.865. The highest BCUT2D eigenvalue weighted by Gasteiger charge is 2.32. The van der Waals surface area contributed by atoms with Crippen LogP contribution >= 0.6 is 0 Å². The van der Waals surface area contributed by atoms with Gasteiger partial charge in [-0.1, -0.05) is 6.92 Å². The summed E-state index contributed by atoms with van der Waals surface area (Å²) in [5.41, 5.74) is 1.47. The van der Waals surface area contributed by atoms with Crippen molar-refractivity contribution in [3.63, 3.8) is 0 Å². The van der Waals surface area contributed by atoms with Gasteiger partial charge in [-0.3, -0.25) is 19.1 Å². The Labute approximate surface area is 146 Å². The van der Waals surface area contributed by atoms with Crippen LogP contribution in [0.5, 0.6) is 0 Å². The zero-order valence-corrected chi connectivity index (χ0v) is 14.7. The molecule has 1 aliphatic heterocycles. The van der Waals surface area contributed by atoms with Gasteiger partial charge in [0.25, 0.3) is 5.91 Å². The fraction of sp³-hybridized carbons (Fsp3) is 0.500. The average molecular weight is 345 g/mol. The van der Waals surface area contributed by atoms with Crippen LogP contribution < -0.4 is 15.5 Å². The summed E-state index contributed by atoms with van der Waals surface area (Å²) in [4.78, 5) is 26.6. The van der Waals surface area contributed by atoms with Gasteiger partial charge in [0, 0.05) is 39.1 Å². The molecule has 25 heavy (non-hydrogen) atoms. The third-order valence-electron chi connectivity index (χ3n) is 4.21. The molecule has 1 fully saturated rings. The standard InChI is InChI=1S/C16H23N7O2/c1-4-11-13(10-22(3)19-11)18-16(25)17-12-6-5-8-23(15(12)24)14-7-9-21(2)20-14/h7,9-10,12H,4-6,8H2,1-3H3,(H2,17,18,25). The predicted molar refractivity (Wildman–Crippen MR) is 93.3 cm³/mol. The number of aryl methyl sites for hydroxylation is 3. The molecule has 1 unspecified atom stereocenters. The number of urea groups is 1. The number of rotatable bonds is 4. The van der Waals surface area contributed by atoms with Gasteiger partial charge < -0.3 is 10.6 Å². The highest BCUT2D eigenvalue weighted by Crippen LogP contribution is 2.19. The number of carbonyl (C=O) groups excluding carboxylic acids is 2. The Morgan fingerprint density at radius 2 is 2.12 bits per heavy atom. The smallest absolute Gasteiger partial charge is 0.319 e. The van der Waals surface area contributed by atoms with Gasteiger partial charge in [0.1, 0.15) is 6.04 Å². The number of hydrogen-bond acceptors (Lipinski definition) is 4. The first-order valence-electron chi connectivity index (χ1n) is 8.39. The second-order valence-corrected chi connectivity index (χ2v) is 6.15. The van der Waals surface area contributed by atoms with E-state index in [2.05, 4.69) is 20.8 Å². The topological polar surface area (TPSA) is 97.1 Å². The number of piperidine rings is 1. The predicted octanol–water partition coefficient (Wildman–Crippen LogP) is 1.03. The summed E-state index contributed by atoms with van der Waals surface area (Å²) in [6, 6.07) is 0.838. The van der Waals surface area contributed by atoms with E-state index in [4.69, 9.17) is 0 Å². The number of hydrogen-bond donors (Lipinski definition) is 2. The summed E-state index contributed by atoms with van der Waals surface area (Å²) in [5.74, 6) is 0.474. The summed E-state index contributed by atoms with van der Waals surface area (Å²) in [6.45, 7) is 2.58. The van der Waals surface area contributed by atoms with Crippen LogP contribution in [0.25, 0.3) is 0 Å². The lowest BCUT2D eigenvalue weighted by Crippen LogP contribution is -2.53. The summed E-state index contributed by atoms with van der Waals surface area (Å²) < 4.78 is 3.31. The molecular weight excluding hydrogens is 322 g/mol. The Morgan fingerprint density at radius 1 is 1.32 bits per heavy atom. The molecule has 9 nitrogen and oxygen atoms in total. The molecular formula is C16H23N7O2. The Morgan fingerprint density at radius 3 is 2.80 bits per heavy atom. The van der Waals surface area contributed by atoms with Gasteiger partial charge in [-0.25, -0.2) is 4.79 Å². The van der Waals surface area contributed by atoms with Crippen molar-refractivity contribution in [1.29, 1.82) is 0 Å². The normalized spacial score (nSPS) is 17.6. The van der Waals surface area contributed by atoms with E-state index < -0.39 is 12.1 Å². The van der Waals surface area contributed by atoms with Crippen LogP contribution in [-0.4, -0.2) is 44.1 Å². The van der Waals surface area contributed by atoms with Crippen molar-refractivity contribution in [2.24, 2.45) is 14.1 Å². The summed E-state index contributed by atoms with van der Waals surface area (Å²) >= 11 is 0. The number of carbonyl (C=O) groups is 2. The van der Waals surface area contributed by atoms with Crippen molar-refractivity contribution in [3.8, 4) is 0 Å². The fourth-order valence-electron chi connectivity index (χ4n) is 3.00. The molecule has 0 bridgehead atoms. The van der Waals surface area contributed by atoms with E-state index in [1.807, 2.05) is 6.92 Å². The van der Waals surface area contributed by atoms with Crippen molar-refractivity contribution < 1.29 is 9.59 Å². The first-order chi connectivity index (χ1) is 12.0. The molecule has 0 aliphatic carbocycles. The molecule has 3 rings (SSSR count). The maximum atomic E-state index is 12.7. The van der Waals surface area contributed by atoms with Crippen LogP contribution in [0.3, 0.4) is 0 Å². The lowest BCUT2D eigenvalue weighted by molar-refractivity contribution is -0.121. The van der Waals surface area contributed by atoms with E-state index in [1.165, 1.54) is 0 Å². The lowest BCUT2D eigenvalue weighted by atomic mass is 10.1. The first kappa shape index (κ1) is 17.0. The Hall–Kier alpha value is -2.84. The van der Waals surface area contributed by atoms with E-state index in [9.17, 15) is 9.59 Å². The Kier molecular flexibility index (Phi) is 4.73. The number of amides is 3. The van der Waals surface area contributed by atoms with E-state index in [-0.39, 0.29) is 5.91 Å². The van der Waals surface area contributed by atoms with Gasteiger partial charge in [0.2, 0.25) is 0 Å². The maximum absolute atomic E-state index is 12.7. The molecule has 2 aromatic rings. The summed E-state index contributed by atoms with van der Waals surface area (Å²) in [7, 11) is 3.61. The largest absolute Gasteiger partial charge is 0.326 e. The number of nitrogens with one attached hydrogen (secondary N) is 2. The Bertz CT molecular complexity index is 779. The van der Waals surface area contributed by atoms with Crippen LogP contribution in [0.1, 0.15) is 25.5 Å². The zero-order chi connectivity index (χ0) is 18.0. The van der Waals surface area contributed by atoms with Crippen molar-refractivity contribution >= 4 is 23.4 Å². The van der Waals surface area contributed by atoms with Crippen LogP contribution in [0.15, 0.2) is 18.5 Å². The SMILES string of the molecule is CCc1nn(C)cc1NC(=O)NC1CCCN(c2ccn(C)n2)C1=O. The number of aromatic nitrogens is 4. The molecule has 1 aliphatic rings. The van der Waals surface area contributed by atoms with Crippen molar-refractivity contribution in [2.75, 3.05) is 16.8 Å². The molecule has 2 N–H and O–H groups in total. The van der Waals surface area contributed by atoms with Crippen molar-refractivity contribution in [2.45, 2.75) is 32.2 Å². The average Bonchev–Trinajstić information content (AvgIpc) is 3.15. The molecule has 0 saturated carbocycles. The monoisotopic (exact) mass is 345 g/mol. The molecule has 1 atom stereocenters. The minimum atomic E-state index is -0.558. The summed E-state index contributed by atoms with van der Waals surface area (Å²) in [6.07, 6.45) is 5.68. The maximum Gasteiger partial charge on any atom is 0.319 e. The van der Waals surface area contributed by atoms with Crippen molar-refractivity contribution in [1.82, 2.24) is 24.9 Å². The van der Waals surface area contributed by atoms with Crippen LogP contribution in [-0.2, 0) is 25.3 Å². The van der Waals surface area contributed by atoms with Gasteiger partial charge in [-0.15, -0.1) is 0 Å². The number of nitrogens with zero attached hydrogens (tertiary/aromatic N) is 5. The molecule has 134 valence electrons.